The first kappa shape index (κ1) is 13.7. The van der Waals surface area contributed by atoms with E-state index < -0.39 is 11.9 Å². The molecule has 1 amide bonds. The van der Waals surface area contributed by atoms with E-state index in [-0.39, 0.29) is 41.7 Å². The van der Waals surface area contributed by atoms with E-state index in [9.17, 15) is 14.4 Å². The highest BCUT2D eigenvalue weighted by Crippen LogP contribution is 2.18. The summed E-state index contributed by atoms with van der Waals surface area (Å²) in [5.74, 6) is -1.82. The van der Waals surface area contributed by atoms with Crippen LogP contribution in [0.1, 0.15) is 34.2 Å². The number of carbonyl (C=O) groups excluding carboxylic acids is 3. The third-order valence-corrected chi connectivity index (χ3v) is 2.66. The van der Waals surface area contributed by atoms with Crippen LogP contribution in [0.3, 0.4) is 0 Å². The Labute approximate surface area is 113 Å². The Morgan fingerprint density at radius 1 is 1.50 bits per heavy atom. The van der Waals surface area contributed by atoms with E-state index in [0.717, 1.165) is 4.68 Å². The van der Waals surface area contributed by atoms with Gasteiger partial charge in [0.25, 0.3) is 5.91 Å². The lowest BCUT2D eigenvalue weighted by molar-refractivity contribution is -0.119. The molecule has 3 N–H and O–H groups in total. The summed E-state index contributed by atoms with van der Waals surface area (Å²) in [5.41, 5.74) is 8.21. The molecule has 9 heteroatoms. The molecule has 0 fully saturated rings. The molecule has 1 aromatic rings. The highest BCUT2D eigenvalue weighted by atomic mass is 16.5. The van der Waals surface area contributed by atoms with E-state index in [1.807, 2.05) is 0 Å². The quantitative estimate of drug-likeness (QED) is 0.715. The van der Waals surface area contributed by atoms with Gasteiger partial charge in [-0.25, -0.2) is 10.2 Å². The van der Waals surface area contributed by atoms with Gasteiger partial charge in [0, 0.05) is 0 Å². The van der Waals surface area contributed by atoms with Crippen LogP contribution in [0.2, 0.25) is 0 Å². The van der Waals surface area contributed by atoms with E-state index >= 15 is 0 Å². The Kier molecular flexibility index (Phi) is 3.51. The van der Waals surface area contributed by atoms with Gasteiger partial charge >= 0.3 is 5.97 Å². The van der Waals surface area contributed by atoms with Crippen molar-refractivity contribution < 1.29 is 19.1 Å². The van der Waals surface area contributed by atoms with Crippen molar-refractivity contribution >= 4 is 29.3 Å². The lowest BCUT2D eigenvalue weighted by Gasteiger charge is -2.03. The topological polar surface area (TPSA) is 129 Å². The molecule has 0 unspecified atom stereocenters. The smallest absolute Gasteiger partial charge is 0.343 e. The maximum atomic E-state index is 12.1. The normalized spacial score (nSPS) is 13.9. The molecule has 0 bridgehead atoms. The molecule has 2 rings (SSSR count). The minimum absolute atomic E-state index is 0.0143. The van der Waals surface area contributed by atoms with Crippen molar-refractivity contribution in [2.75, 3.05) is 12.3 Å². The number of carbonyl (C=O) groups is 3. The van der Waals surface area contributed by atoms with Crippen LogP contribution in [-0.4, -0.2) is 39.9 Å². The molecule has 106 valence electrons. The molecule has 1 aromatic heterocycles. The maximum absolute atomic E-state index is 12.1. The van der Waals surface area contributed by atoms with E-state index in [1.165, 1.54) is 6.92 Å². The number of nitrogens with one attached hydrogen (secondary N) is 1. The number of aryl methyl sites for hydroxylation is 1. The van der Waals surface area contributed by atoms with Crippen molar-refractivity contribution in [2.45, 2.75) is 20.3 Å². The number of hydrogen-bond acceptors (Lipinski definition) is 7. The second kappa shape index (κ2) is 5.11. The lowest BCUT2D eigenvalue weighted by atomic mass is 10.2. The summed E-state index contributed by atoms with van der Waals surface area (Å²) >= 11 is 0. The largest absolute Gasteiger partial charge is 0.462 e. The summed E-state index contributed by atoms with van der Waals surface area (Å²) in [5, 5.41) is 7.49. The minimum atomic E-state index is -0.653. The number of aromatic nitrogens is 2. The molecule has 0 radical (unpaired) electrons. The zero-order valence-corrected chi connectivity index (χ0v) is 11.0. The van der Waals surface area contributed by atoms with Crippen molar-refractivity contribution in [3.8, 4) is 0 Å². The fraction of sp³-hybridized carbons (Fsp3) is 0.364. The predicted octanol–water partition coefficient (Wildman–Crippen LogP) is -0.533. The van der Waals surface area contributed by atoms with Gasteiger partial charge in [0.15, 0.2) is 0 Å². The van der Waals surface area contributed by atoms with Gasteiger partial charge in [-0.05, 0) is 13.8 Å². The highest BCUT2D eigenvalue weighted by molar-refractivity contribution is 6.44. The standard InChI is InChI=1S/C11H13N5O4/c1-3-20-11(19)8-5(2)15-16(9(8)12)10(18)6-4-7(17)14-13-6/h3-4,12H2,1-2H3,(H,14,17). The SMILES string of the molecule is CCOC(=O)c1c(C)nn(C(=O)C2=NNC(=O)C2)c1N. The average Bonchev–Trinajstić information content (AvgIpc) is 2.93. The number of anilines is 1. The number of esters is 1. The molecule has 20 heavy (non-hydrogen) atoms. The Bertz CT molecular complexity index is 631. The number of nitrogens with two attached hydrogens (primary N) is 1. The number of amides is 1. The Morgan fingerprint density at radius 2 is 2.20 bits per heavy atom. The Morgan fingerprint density at radius 3 is 2.75 bits per heavy atom. The minimum Gasteiger partial charge on any atom is -0.462 e. The molecule has 0 spiro atoms. The predicted molar refractivity (Wildman–Crippen MR) is 68.2 cm³/mol. The van der Waals surface area contributed by atoms with Gasteiger partial charge < -0.3 is 10.5 Å². The van der Waals surface area contributed by atoms with Crippen LogP contribution < -0.4 is 11.2 Å². The van der Waals surface area contributed by atoms with E-state index in [4.69, 9.17) is 10.5 Å². The number of nitrogens with zero attached hydrogens (tertiary/aromatic N) is 3. The van der Waals surface area contributed by atoms with Gasteiger partial charge in [-0.2, -0.15) is 14.9 Å². The lowest BCUT2D eigenvalue weighted by Crippen LogP contribution is -2.24. The van der Waals surface area contributed by atoms with Crippen molar-refractivity contribution in [3.05, 3.63) is 11.3 Å². The molecular weight excluding hydrogens is 266 g/mol. The number of ether oxygens (including phenoxy) is 1. The fourth-order valence-corrected chi connectivity index (χ4v) is 1.76. The van der Waals surface area contributed by atoms with Crippen LogP contribution >= 0.6 is 0 Å². The molecule has 9 nitrogen and oxygen atoms in total. The van der Waals surface area contributed by atoms with E-state index in [0.29, 0.717) is 0 Å². The third-order valence-electron chi connectivity index (χ3n) is 2.66. The van der Waals surface area contributed by atoms with Crippen LogP contribution in [0.5, 0.6) is 0 Å². The third kappa shape index (κ3) is 2.25. The molecule has 1 aliphatic heterocycles. The second-order valence-corrected chi connectivity index (χ2v) is 4.05. The first-order chi connectivity index (χ1) is 9.45. The second-order valence-electron chi connectivity index (χ2n) is 4.05. The van der Waals surface area contributed by atoms with Gasteiger partial charge in [0.1, 0.15) is 17.1 Å². The summed E-state index contributed by atoms with van der Waals surface area (Å²) in [6, 6.07) is 0. The van der Waals surface area contributed by atoms with E-state index in [2.05, 4.69) is 15.6 Å². The maximum Gasteiger partial charge on any atom is 0.343 e. The number of hydrogen-bond donors (Lipinski definition) is 2. The Balaban J connectivity index is 2.35. The van der Waals surface area contributed by atoms with Crippen LogP contribution in [-0.2, 0) is 9.53 Å². The summed E-state index contributed by atoms with van der Waals surface area (Å²) in [7, 11) is 0. The zero-order valence-electron chi connectivity index (χ0n) is 11.0. The fourth-order valence-electron chi connectivity index (χ4n) is 1.76. The van der Waals surface area contributed by atoms with Crippen LogP contribution in [0, 0.1) is 6.92 Å². The first-order valence-electron chi connectivity index (χ1n) is 5.88. The van der Waals surface area contributed by atoms with Gasteiger partial charge in [0.05, 0.1) is 18.7 Å². The Hall–Kier alpha value is -2.71. The molecule has 1 aliphatic rings. The van der Waals surface area contributed by atoms with Crippen LogP contribution in [0.15, 0.2) is 5.10 Å². The highest BCUT2D eigenvalue weighted by Gasteiger charge is 2.28. The van der Waals surface area contributed by atoms with Crippen molar-refractivity contribution in [1.82, 2.24) is 15.2 Å². The van der Waals surface area contributed by atoms with Gasteiger partial charge in [-0.3, -0.25) is 9.59 Å². The van der Waals surface area contributed by atoms with Crippen molar-refractivity contribution in [2.24, 2.45) is 5.10 Å². The molecule has 0 saturated heterocycles. The summed E-state index contributed by atoms with van der Waals surface area (Å²) < 4.78 is 5.69. The van der Waals surface area contributed by atoms with Gasteiger partial charge in [-0.1, -0.05) is 0 Å². The van der Waals surface area contributed by atoms with E-state index in [1.54, 1.807) is 6.92 Å². The molecule has 0 saturated carbocycles. The molecular formula is C11H13N5O4. The number of hydrazone groups is 1. The molecule has 0 atom stereocenters. The summed E-state index contributed by atoms with van der Waals surface area (Å²) in [6.07, 6.45) is -0.147. The summed E-state index contributed by atoms with van der Waals surface area (Å²) in [4.78, 5) is 34.9. The molecule has 0 aliphatic carbocycles. The van der Waals surface area contributed by atoms with Gasteiger partial charge in [-0.15, -0.1) is 0 Å². The average molecular weight is 279 g/mol. The number of rotatable bonds is 3. The van der Waals surface area contributed by atoms with Crippen molar-refractivity contribution in [1.29, 1.82) is 0 Å². The first-order valence-corrected chi connectivity index (χ1v) is 5.88. The zero-order chi connectivity index (χ0) is 14.9. The molecule has 2 heterocycles. The monoisotopic (exact) mass is 279 g/mol. The summed E-state index contributed by atoms with van der Waals surface area (Å²) in [6.45, 7) is 3.37. The van der Waals surface area contributed by atoms with Crippen molar-refractivity contribution in [3.63, 3.8) is 0 Å². The van der Waals surface area contributed by atoms with Crippen LogP contribution in [0.4, 0.5) is 5.82 Å². The van der Waals surface area contributed by atoms with Crippen LogP contribution in [0.25, 0.3) is 0 Å². The molecule has 0 aromatic carbocycles. The number of nitrogen functional groups attached to an aromatic ring is 1. The van der Waals surface area contributed by atoms with Gasteiger partial charge in [0.2, 0.25) is 5.91 Å².